The minimum atomic E-state index is -0.584. The number of nitro groups is 1. The molecule has 84 valence electrons. The first kappa shape index (κ1) is 11.9. The zero-order valence-electron chi connectivity index (χ0n) is 8.80. The van der Waals surface area contributed by atoms with Crippen LogP contribution in [0.4, 0.5) is 5.69 Å². The number of ether oxygens (including phenoxy) is 1. The summed E-state index contributed by atoms with van der Waals surface area (Å²) in [5.41, 5.74) is 0.356. The molecule has 1 aromatic rings. The molecule has 0 aliphatic rings. The average molecular weight is 221 g/mol. The molecule has 1 rings (SSSR count). The van der Waals surface area contributed by atoms with Crippen LogP contribution in [-0.2, 0) is 11.2 Å². The van der Waals surface area contributed by atoms with Crippen LogP contribution in [0.2, 0.25) is 0 Å². The largest absolute Gasteiger partial charge is 0.419 e. The second-order valence-electron chi connectivity index (χ2n) is 3.11. The van der Waals surface area contributed by atoms with Crippen molar-refractivity contribution in [3.63, 3.8) is 0 Å². The predicted molar refractivity (Wildman–Crippen MR) is 58.3 cm³/mol. The molecule has 0 bridgehead atoms. The number of rotatable bonds is 4. The Morgan fingerprint density at radius 1 is 1.62 bits per heavy atom. The summed E-state index contributed by atoms with van der Waals surface area (Å²) in [6, 6.07) is 4.50. The highest BCUT2D eigenvalue weighted by atomic mass is 16.6. The minimum absolute atomic E-state index is 0.0000926. The monoisotopic (exact) mass is 221 g/mol. The minimum Gasteiger partial charge on any atom is -0.419 e. The Kier molecular flexibility index (Phi) is 3.77. The Hall–Kier alpha value is -2.17. The number of hydrogen-bond donors (Lipinski definition) is 0. The number of allylic oxidation sites excluding steroid dienone is 1. The molecule has 0 atom stereocenters. The molecule has 0 aromatic heterocycles. The third-order valence-corrected chi connectivity index (χ3v) is 1.88. The third kappa shape index (κ3) is 2.66. The van der Waals surface area contributed by atoms with E-state index in [1.807, 2.05) is 0 Å². The molecule has 0 fully saturated rings. The highest BCUT2D eigenvalue weighted by molar-refractivity contribution is 5.72. The van der Waals surface area contributed by atoms with Crippen LogP contribution >= 0.6 is 0 Å². The van der Waals surface area contributed by atoms with E-state index < -0.39 is 10.9 Å². The number of nitrogens with zero attached hydrogens (tertiary/aromatic N) is 1. The second-order valence-corrected chi connectivity index (χ2v) is 3.11. The van der Waals surface area contributed by atoms with E-state index in [4.69, 9.17) is 4.74 Å². The van der Waals surface area contributed by atoms with Gasteiger partial charge in [-0.25, -0.2) is 0 Å². The molecule has 0 aliphatic heterocycles. The SMILES string of the molecule is C=CCc1cccc([N+](=O)[O-])c1OC(C)=O. The molecule has 0 spiro atoms. The Balaban J connectivity index is 3.27. The number of esters is 1. The van der Waals surface area contributed by atoms with Crippen molar-refractivity contribution in [2.24, 2.45) is 0 Å². The van der Waals surface area contributed by atoms with Gasteiger partial charge in [-0.05, 0) is 6.42 Å². The van der Waals surface area contributed by atoms with Crippen molar-refractivity contribution >= 4 is 11.7 Å². The Labute approximate surface area is 92.5 Å². The Morgan fingerprint density at radius 3 is 2.81 bits per heavy atom. The van der Waals surface area contributed by atoms with E-state index in [0.717, 1.165) is 0 Å². The maximum atomic E-state index is 10.9. The average Bonchev–Trinajstić information content (AvgIpc) is 2.19. The molecule has 0 saturated carbocycles. The van der Waals surface area contributed by atoms with Crippen molar-refractivity contribution in [2.75, 3.05) is 0 Å². The van der Waals surface area contributed by atoms with Crippen LogP contribution in [0.5, 0.6) is 5.75 Å². The standard InChI is InChI=1S/C11H11NO4/c1-3-5-9-6-4-7-10(12(14)15)11(9)16-8(2)13/h3-4,6-7H,1,5H2,2H3. The lowest BCUT2D eigenvalue weighted by atomic mass is 10.1. The summed E-state index contributed by atoms with van der Waals surface area (Å²) >= 11 is 0. The van der Waals surface area contributed by atoms with Gasteiger partial charge in [0.1, 0.15) is 0 Å². The molecule has 0 aliphatic carbocycles. The van der Waals surface area contributed by atoms with Gasteiger partial charge in [-0.1, -0.05) is 18.2 Å². The van der Waals surface area contributed by atoms with Gasteiger partial charge in [-0.2, -0.15) is 0 Å². The smallest absolute Gasteiger partial charge is 0.311 e. The number of carbonyl (C=O) groups is 1. The number of carbonyl (C=O) groups excluding carboxylic acids is 1. The van der Waals surface area contributed by atoms with E-state index >= 15 is 0 Å². The summed E-state index contributed by atoms with van der Waals surface area (Å²) in [5, 5.41) is 10.7. The normalized spacial score (nSPS) is 9.56. The van der Waals surface area contributed by atoms with Gasteiger partial charge >= 0.3 is 11.7 Å². The summed E-state index contributed by atoms with van der Waals surface area (Å²) in [5.74, 6) is -0.584. The van der Waals surface area contributed by atoms with Crippen LogP contribution in [-0.4, -0.2) is 10.9 Å². The summed E-state index contributed by atoms with van der Waals surface area (Å²) in [4.78, 5) is 21.0. The zero-order valence-corrected chi connectivity index (χ0v) is 8.80. The molecule has 0 N–H and O–H groups in total. The first-order valence-electron chi connectivity index (χ1n) is 4.62. The molecule has 0 unspecified atom stereocenters. The van der Waals surface area contributed by atoms with Gasteiger partial charge in [-0.3, -0.25) is 14.9 Å². The van der Waals surface area contributed by atoms with Gasteiger partial charge in [-0.15, -0.1) is 6.58 Å². The summed E-state index contributed by atoms with van der Waals surface area (Å²) in [7, 11) is 0. The van der Waals surface area contributed by atoms with Crippen LogP contribution in [0.3, 0.4) is 0 Å². The number of nitro benzene ring substituents is 1. The Bertz CT molecular complexity index is 440. The molecule has 5 nitrogen and oxygen atoms in total. The summed E-state index contributed by atoms with van der Waals surface area (Å²) in [6.45, 7) is 4.74. The van der Waals surface area contributed by atoms with Crippen LogP contribution in [0.25, 0.3) is 0 Å². The maximum absolute atomic E-state index is 10.9. The molecule has 5 heteroatoms. The second kappa shape index (κ2) is 5.06. The lowest BCUT2D eigenvalue weighted by Gasteiger charge is -2.07. The topological polar surface area (TPSA) is 69.4 Å². The number of para-hydroxylation sites is 1. The molecular formula is C11H11NO4. The summed E-state index contributed by atoms with van der Waals surface area (Å²) < 4.78 is 4.86. The van der Waals surface area contributed by atoms with E-state index in [2.05, 4.69) is 6.58 Å². The molecule has 16 heavy (non-hydrogen) atoms. The molecule has 0 radical (unpaired) electrons. The number of hydrogen-bond acceptors (Lipinski definition) is 4. The van der Waals surface area contributed by atoms with Gasteiger partial charge in [0.25, 0.3) is 0 Å². The van der Waals surface area contributed by atoms with Crippen molar-refractivity contribution in [2.45, 2.75) is 13.3 Å². The maximum Gasteiger partial charge on any atom is 0.311 e. The molecule has 0 saturated heterocycles. The lowest BCUT2D eigenvalue weighted by molar-refractivity contribution is -0.385. The van der Waals surface area contributed by atoms with Gasteiger partial charge in [0, 0.05) is 18.6 Å². The van der Waals surface area contributed by atoms with Gasteiger partial charge in [0.15, 0.2) is 0 Å². The number of benzene rings is 1. The molecule has 1 aromatic carbocycles. The fraction of sp³-hybridized carbons (Fsp3) is 0.182. The van der Waals surface area contributed by atoms with E-state index in [9.17, 15) is 14.9 Å². The summed E-state index contributed by atoms with van der Waals surface area (Å²) in [6.07, 6.45) is 2.00. The van der Waals surface area contributed by atoms with Crippen molar-refractivity contribution < 1.29 is 14.5 Å². The predicted octanol–water partition coefficient (Wildman–Crippen LogP) is 2.25. The van der Waals surface area contributed by atoms with Crippen LogP contribution in [0, 0.1) is 10.1 Å². The molecule has 0 heterocycles. The van der Waals surface area contributed by atoms with E-state index in [-0.39, 0.29) is 11.4 Å². The fourth-order valence-electron chi connectivity index (χ4n) is 1.29. The van der Waals surface area contributed by atoms with E-state index in [0.29, 0.717) is 12.0 Å². The highest BCUT2D eigenvalue weighted by Gasteiger charge is 2.19. The van der Waals surface area contributed by atoms with Gasteiger partial charge in [0.05, 0.1) is 4.92 Å². The van der Waals surface area contributed by atoms with E-state index in [1.165, 1.54) is 13.0 Å². The fourth-order valence-corrected chi connectivity index (χ4v) is 1.29. The van der Waals surface area contributed by atoms with Crippen LogP contribution < -0.4 is 4.74 Å². The first-order valence-corrected chi connectivity index (χ1v) is 4.62. The third-order valence-electron chi connectivity index (χ3n) is 1.88. The molecular weight excluding hydrogens is 210 g/mol. The van der Waals surface area contributed by atoms with Gasteiger partial charge in [0.2, 0.25) is 5.75 Å². The van der Waals surface area contributed by atoms with Crippen LogP contribution in [0.1, 0.15) is 12.5 Å². The van der Waals surface area contributed by atoms with Crippen molar-refractivity contribution in [3.8, 4) is 5.75 Å². The molecule has 0 amide bonds. The lowest BCUT2D eigenvalue weighted by Crippen LogP contribution is -2.06. The zero-order chi connectivity index (χ0) is 12.1. The van der Waals surface area contributed by atoms with Crippen LogP contribution in [0.15, 0.2) is 30.9 Å². The van der Waals surface area contributed by atoms with Crippen molar-refractivity contribution in [1.82, 2.24) is 0 Å². The van der Waals surface area contributed by atoms with E-state index in [1.54, 1.807) is 18.2 Å². The quantitative estimate of drug-likeness (QED) is 0.257. The highest BCUT2D eigenvalue weighted by Crippen LogP contribution is 2.31. The first-order chi connectivity index (χ1) is 7.56. The van der Waals surface area contributed by atoms with Crippen molar-refractivity contribution in [1.29, 1.82) is 0 Å². The van der Waals surface area contributed by atoms with Gasteiger partial charge < -0.3 is 4.74 Å². The Morgan fingerprint density at radius 2 is 2.31 bits per heavy atom. The van der Waals surface area contributed by atoms with Crippen molar-refractivity contribution in [3.05, 3.63) is 46.5 Å².